The molecule has 6 heteroatoms. The predicted octanol–water partition coefficient (Wildman–Crippen LogP) is -0.277. The van der Waals surface area contributed by atoms with Crippen LogP contribution in [-0.2, 0) is 23.1 Å². The Morgan fingerprint density at radius 2 is 2.39 bits per heavy atom. The number of hydrogen-bond donors (Lipinski definition) is 2. The van der Waals surface area contributed by atoms with Crippen molar-refractivity contribution in [3.05, 3.63) is 17.5 Å². The minimum absolute atomic E-state index is 0.0913. The van der Waals surface area contributed by atoms with Crippen LogP contribution in [0.2, 0.25) is 0 Å². The Morgan fingerprint density at radius 3 is 2.89 bits per heavy atom. The van der Waals surface area contributed by atoms with Gasteiger partial charge in [0.15, 0.2) is 0 Å². The molecule has 0 aliphatic carbocycles. The van der Waals surface area contributed by atoms with E-state index < -0.39 is 0 Å². The number of rotatable bonds is 5. The maximum absolute atomic E-state index is 11.6. The third kappa shape index (κ3) is 3.08. The third-order valence-electron chi connectivity index (χ3n) is 3.14. The van der Waals surface area contributed by atoms with E-state index in [1.165, 1.54) is 0 Å². The van der Waals surface area contributed by atoms with Crippen molar-refractivity contribution in [1.82, 2.24) is 20.4 Å². The standard InChI is InChI=1S/C12H20N4O2/c1-9-10(5-16(3)15-9)4-14-11(17)6-18-12(2)7-13-8-12/h5,13H,4,6-8H2,1-3H3,(H,14,17). The highest BCUT2D eigenvalue weighted by atomic mass is 16.5. The van der Waals surface area contributed by atoms with Crippen LogP contribution in [0, 0.1) is 6.92 Å². The molecule has 0 saturated carbocycles. The number of aryl methyl sites for hydroxylation is 2. The molecule has 1 saturated heterocycles. The summed E-state index contributed by atoms with van der Waals surface area (Å²) in [5.74, 6) is -0.0913. The zero-order valence-corrected chi connectivity index (χ0v) is 11.1. The smallest absolute Gasteiger partial charge is 0.246 e. The Balaban J connectivity index is 1.73. The summed E-state index contributed by atoms with van der Waals surface area (Å²) < 4.78 is 7.30. The molecule has 0 atom stereocenters. The average Bonchev–Trinajstić information content (AvgIpc) is 2.60. The summed E-state index contributed by atoms with van der Waals surface area (Å²) in [5.41, 5.74) is 1.79. The lowest BCUT2D eigenvalue weighted by atomic mass is 10.0. The number of amides is 1. The maximum atomic E-state index is 11.6. The van der Waals surface area contributed by atoms with E-state index in [1.54, 1.807) is 4.68 Å². The van der Waals surface area contributed by atoms with Gasteiger partial charge in [0.1, 0.15) is 6.61 Å². The Kier molecular flexibility index (Phi) is 3.68. The van der Waals surface area contributed by atoms with Gasteiger partial charge in [0, 0.05) is 38.4 Å². The van der Waals surface area contributed by atoms with E-state index in [0.717, 1.165) is 24.3 Å². The molecule has 1 fully saturated rings. The minimum atomic E-state index is -0.179. The lowest BCUT2D eigenvalue weighted by molar-refractivity contribution is -0.136. The highest BCUT2D eigenvalue weighted by Crippen LogP contribution is 2.14. The number of aromatic nitrogens is 2. The van der Waals surface area contributed by atoms with Crippen LogP contribution in [0.5, 0.6) is 0 Å². The van der Waals surface area contributed by atoms with E-state index in [1.807, 2.05) is 27.1 Å². The summed E-state index contributed by atoms with van der Waals surface area (Å²) in [5, 5.41) is 10.2. The Labute approximate surface area is 107 Å². The van der Waals surface area contributed by atoms with Gasteiger partial charge in [-0.3, -0.25) is 9.48 Å². The van der Waals surface area contributed by atoms with Crippen molar-refractivity contribution < 1.29 is 9.53 Å². The van der Waals surface area contributed by atoms with Gasteiger partial charge < -0.3 is 15.4 Å². The second kappa shape index (κ2) is 5.07. The highest BCUT2D eigenvalue weighted by Gasteiger charge is 2.32. The first-order chi connectivity index (χ1) is 8.48. The van der Waals surface area contributed by atoms with Gasteiger partial charge in [-0.25, -0.2) is 0 Å². The zero-order chi connectivity index (χ0) is 13.2. The van der Waals surface area contributed by atoms with E-state index in [9.17, 15) is 4.79 Å². The van der Waals surface area contributed by atoms with Gasteiger partial charge >= 0.3 is 0 Å². The van der Waals surface area contributed by atoms with Crippen molar-refractivity contribution in [1.29, 1.82) is 0 Å². The first-order valence-corrected chi connectivity index (χ1v) is 6.09. The number of carbonyl (C=O) groups is 1. The largest absolute Gasteiger partial charge is 0.363 e. The molecule has 1 aliphatic rings. The normalized spacial score (nSPS) is 17.3. The molecule has 0 spiro atoms. The summed E-state index contributed by atoms with van der Waals surface area (Å²) in [6, 6.07) is 0. The third-order valence-corrected chi connectivity index (χ3v) is 3.14. The van der Waals surface area contributed by atoms with Crippen molar-refractivity contribution in [2.45, 2.75) is 26.0 Å². The van der Waals surface area contributed by atoms with Gasteiger partial charge in [-0.05, 0) is 13.8 Å². The molecule has 100 valence electrons. The van der Waals surface area contributed by atoms with Crippen LogP contribution in [-0.4, -0.2) is 41.0 Å². The molecule has 6 nitrogen and oxygen atoms in total. The number of nitrogens with zero attached hydrogens (tertiary/aromatic N) is 2. The van der Waals surface area contributed by atoms with Gasteiger partial charge in [-0.1, -0.05) is 0 Å². The van der Waals surface area contributed by atoms with E-state index in [-0.39, 0.29) is 18.1 Å². The van der Waals surface area contributed by atoms with Gasteiger partial charge in [-0.2, -0.15) is 5.10 Å². The summed E-state index contributed by atoms with van der Waals surface area (Å²) in [7, 11) is 1.87. The van der Waals surface area contributed by atoms with Crippen LogP contribution in [0.3, 0.4) is 0 Å². The fourth-order valence-electron chi connectivity index (χ4n) is 1.89. The molecule has 0 unspecified atom stereocenters. The maximum Gasteiger partial charge on any atom is 0.246 e. The number of hydrogen-bond acceptors (Lipinski definition) is 4. The van der Waals surface area contributed by atoms with E-state index in [2.05, 4.69) is 15.7 Å². The lowest BCUT2D eigenvalue weighted by Crippen LogP contribution is -2.59. The molecule has 1 aromatic heterocycles. The Hall–Kier alpha value is -1.40. The second-order valence-corrected chi connectivity index (χ2v) is 5.03. The quantitative estimate of drug-likeness (QED) is 0.756. The van der Waals surface area contributed by atoms with Crippen LogP contribution < -0.4 is 10.6 Å². The molecule has 1 amide bonds. The summed E-state index contributed by atoms with van der Waals surface area (Å²) in [4.78, 5) is 11.6. The number of nitrogens with one attached hydrogen (secondary N) is 2. The molecule has 1 aliphatic heterocycles. The van der Waals surface area contributed by atoms with E-state index in [0.29, 0.717) is 6.54 Å². The Bertz CT molecular complexity index is 437. The molecular formula is C12H20N4O2. The molecule has 0 bridgehead atoms. The van der Waals surface area contributed by atoms with Crippen LogP contribution in [0.15, 0.2) is 6.20 Å². The fourth-order valence-corrected chi connectivity index (χ4v) is 1.89. The molecule has 2 N–H and O–H groups in total. The summed E-state index contributed by atoms with van der Waals surface area (Å²) in [6.07, 6.45) is 1.91. The Morgan fingerprint density at radius 1 is 1.67 bits per heavy atom. The van der Waals surface area contributed by atoms with Crippen LogP contribution in [0.4, 0.5) is 0 Å². The van der Waals surface area contributed by atoms with Crippen molar-refractivity contribution in [3.63, 3.8) is 0 Å². The van der Waals surface area contributed by atoms with Gasteiger partial charge in [-0.15, -0.1) is 0 Å². The lowest BCUT2D eigenvalue weighted by Gasteiger charge is -2.38. The molecule has 1 aromatic rings. The average molecular weight is 252 g/mol. The van der Waals surface area contributed by atoms with Gasteiger partial charge in [0.25, 0.3) is 0 Å². The molecular weight excluding hydrogens is 232 g/mol. The SMILES string of the molecule is Cc1nn(C)cc1CNC(=O)COC1(C)CNC1. The topological polar surface area (TPSA) is 68.2 Å². The van der Waals surface area contributed by atoms with E-state index >= 15 is 0 Å². The van der Waals surface area contributed by atoms with Crippen molar-refractivity contribution in [3.8, 4) is 0 Å². The first-order valence-electron chi connectivity index (χ1n) is 6.09. The monoisotopic (exact) mass is 252 g/mol. The summed E-state index contributed by atoms with van der Waals surface area (Å²) in [6.45, 7) is 6.15. The van der Waals surface area contributed by atoms with Crippen LogP contribution in [0.25, 0.3) is 0 Å². The van der Waals surface area contributed by atoms with Crippen molar-refractivity contribution >= 4 is 5.91 Å². The van der Waals surface area contributed by atoms with Crippen LogP contribution >= 0.6 is 0 Å². The van der Waals surface area contributed by atoms with Gasteiger partial charge in [0.05, 0.1) is 11.3 Å². The van der Waals surface area contributed by atoms with Crippen LogP contribution in [0.1, 0.15) is 18.2 Å². The van der Waals surface area contributed by atoms with Crippen molar-refractivity contribution in [2.24, 2.45) is 7.05 Å². The number of ether oxygens (including phenoxy) is 1. The molecule has 2 rings (SSSR count). The highest BCUT2D eigenvalue weighted by molar-refractivity contribution is 5.77. The molecule has 0 radical (unpaired) electrons. The predicted molar refractivity (Wildman–Crippen MR) is 67.0 cm³/mol. The van der Waals surface area contributed by atoms with Gasteiger partial charge in [0.2, 0.25) is 5.91 Å². The van der Waals surface area contributed by atoms with Crippen molar-refractivity contribution in [2.75, 3.05) is 19.7 Å². The minimum Gasteiger partial charge on any atom is -0.363 e. The number of carbonyl (C=O) groups excluding carboxylic acids is 1. The molecule has 2 heterocycles. The van der Waals surface area contributed by atoms with E-state index in [4.69, 9.17) is 4.74 Å². The first kappa shape index (κ1) is 13.0. The second-order valence-electron chi connectivity index (χ2n) is 5.03. The summed E-state index contributed by atoms with van der Waals surface area (Å²) >= 11 is 0. The molecule has 0 aromatic carbocycles. The zero-order valence-electron chi connectivity index (χ0n) is 11.1. The fraction of sp³-hybridized carbons (Fsp3) is 0.667. The molecule has 18 heavy (non-hydrogen) atoms.